The van der Waals surface area contributed by atoms with Crippen LogP contribution in [-0.4, -0.2) is 44.7 Å². The second-order valence-electron chi connectivity index (χ2n) is 5.56. The fourth-order valence-electron chi connectivity index (χ4n) is 2.59. The minimum Gasteiger partial charge on any atom is -0.327 e. The van der Waals surface area contributed by atoms with Crippen LogP contribution in [0.15, 0.2) is 21.9 Å². The van der Waals surface area contributed by atoms with Crippen molar-refractivity contribution in [2.24, 2.45) is 12.8 Å². The van der Waals surface area contributed by atoms with Crippen molar-refractivity contribution < 1.29 is 18.0 Å². The number of carbonyl (C=O) groups is 1. The number of halogens is 3. The highest BCUT2D eigenvalue weighted by molar-refractivity contribution is 5.76. The number of hydrogen-bond acceptors (Lipinski definition) is 4. The third kappa shape index (κ3) is 3.63. The summed E-state index contributed by atoms with van der Waals surface area (Å²) >= 11 is 0. The molecule has 23 heavy (non-hydrogen) atoms. The lowest BCUT2D eigenvalue weighted by Crippen LogP contribution is -2.57. The van der Waals surface area contributed by atoms with Crippen LogP contribution in [0.4, 0.5) is 13.2 Å². The average Bonchev–Trinajstić information content (AvgIpc) is 2.46. The van der Waals surface area contributed by atoms with E-state index in [1.807, 2.05) is 0 Å². The number of alkyl halides is 3. The van der Waals surface area contributed by atoms with Crippen molar-refractivity contribution in [2.75, 3.05) is 6.54 Å². The second kappa shape index (κ2) is 6.19. The molecular formula is C13H17F3N4O3. The molecule has 0 aromatic carbocycles. The lowest BCUT2D eigenvalue weighted by atomic mass is 9.98. The molecule has 0 unspecified atom stereocenters. The molecule has 2 N–H and O–H groups in total. The second-order valence-corrected chi connectivity index (χ2v) is 5.56. The Balaban J connectivity index is 2.26. The molecule has 0 radical (unpaired) electrons. The first-order valence-corrected chi connectivity index (χ1v) is 6.99. The molecule has 0 saturated carbocycles. The van der Waals surface area contributed by atoms with Crippen LogP contribution < -0.4 is 17.0 Å². The zero-order valence-electron chi connectivity index (χ0n) is 12.4. The Morgan fingerprint density at radius 1 is 1.35 bits per heavy atom. The van der Waals surface area contributed by atoms with E-state index < -0.39 is 42.0 Å². The van der Waals surface area contributed by atoms with Crippen molar-refractivity contribution in [1.29, 1.82) is 0 Å². The standard InChI is InChI=1S/C13H17F3N4O3/c1-18-10(21)4-5-19(12(18)23)7-11(22)20-6-8(17)2-3-9(20)13(14,15)16/h4-5,8-9H,2-3,6-7,17H2,1H3/t8-,9+/m0/s1. The monoisotopic (exact) mass is 334 g/mol. The van der Waals surface area contributed by atoms with E-state index in [1.54, 1.807) is 0 Å². The number of piperidine rings is 1. The van der Waals surface area contributed by atoms with Crippen LogP contribution in [0.25, 0.3) is 0 Å². The molecule has 7 nitrogen and oxygen atoms in total. The minimum absolute atomic E-state index is 0.174. The number of carbonyl (C=O) groups excluding carboxylic acids is 1. The van der Waals surface area contributed by atoms with Gasteiger partial charge < -0.3 is 10.6 Å². The molecular weight excluding hydrogens is 317 g/mol. The van der Waals surface area contributed by atoms with Gasteiger partial charge in [-0.2, -0.15) is 13.2 Å². The Bertz CT molecular complexity index is 710. The van der Waals surface area contributed by atoms with Gasteiger partial charge in [0.15, 0.2) is 0 Å². The minimum atomic E-state index is -4.55. The molecule has 0 aliphatic carbocycles. The maximum Gasteiger partial charge on any atom is 0.408 e. The van der Waals surface area contributed by atoms with E-state index in [0.29, 0.717) is 4.90 Å². The van der Waals surface area contributed by atoms with Gasteiger partial charge in [0, 0.05) is 31.9 Å². The predicted molar refractivity (Wildman–Crippen MR) is 74.7 cm³/mol. The molecule has 1 aromatic heterocycles. The van der Waals surface area contributed by atoms with Gasteiger partial charge in [-0.05, 0) is 12.8 Å². The largest absolute Gasteiger partial charge is 0.408 e. The summed E-state index contributed by atoms with van der Waals surface area (Å²) < 4.78 is 40.9. The Labute approximate surface area is 129 Å². The first kappa shape index (κ1) is 17.3. The molecule has 2 rings (SSSR count). The van der Waals surface area contributed by atoms with Crippen LogP contribution in [0.1, 0.15) is 12.8 Å². The summed E-state index contributed by atoms with van der Waals surface area (Å²) in [5.74, 6) is -0.858. The molecule has 128 valence electrons. The summed E-state index contributed by atoms with van der Waals surface area (Å²) in [5.41, 5.74) is 4.33. The van der Waals surface area contributed by atoms with Crippen LogP contribution in [0.3, 0.4) is 0 Å². The number of hydrogen-bond donors (Lipinski definition) is 1. The fraction of sp³-hybridized carbons (Fsp3) is 0.615. The van der Waals surface area contributed by atoms with Gasteiger partial charge in [-0.3, -0.25) is 18.7 Å². The number of aromatic nitrogens is 2. The van der Waals surface area contributed by atoms with Gasteiger partial charge in [-0.15, -0.1) is 0 Å². The molecule has 0 bridgehead atoms. The quantitative estimate of drug-likeness (QED) is 0.784. The normalized spacial score (nSPS) is 22.2. The molecule has 1 aliphatic heterocycles. The molecule has 1 saturated heterocycles. The van der Waals surface area contributed by atoms with E-state index in [1.165, 1.54) is 7.05 Å². The Morgan fingerprint density at radius 3 is 2.61 bits per heavy atom. The summed E-state index contributed by atoms with van der Waals surface area (Å²) in [4.78, 5) is 36.1. The number of nitrogens with two attached hydrogens (primary N) is 1. The first-order valence-electron chi connectivity index (χ1n) is 6.99. The van der Waals surface area contributed by atoms with Crippen LogP contribution in [-0.2, 0) is 18.4 Å². The molecule has 1 aliphatic rings. The van der Waals surface area contributed by atoms with Gasteiger partial charge in [-0.25, -0.2) is 4.79 Å². The smallest absolute Gasteiger partial charge is 0.327 e. The van der Waals surface area contributed by atoms with Gasteiger partial charge in [-0.1, -0.05) is 0 Å². The predicted octanol–water partition coefficient (Wildman–Crippen LogP) is -0.572. The highest BCUT2D eigenvalue weighted by Crippen LogP contribution is 2.31. The van der Waals surface area contributed by atoms with E-state index in [0.717, 1.165) is 21.4 Å². The van der Waals surface area contributed by atoms with E-state index >= 15 is 0 Å². The summed E-state index contributed by atoms with van der Waals surface area (Å²) in [6.45, 7) is -0.796. The molecule has 0 spiro atoms. The van der Waals surface area contributed by atoms with Crippen molar-refractivity contribution in [2.45, 2.75) is 37.6 Å². The number of amides is 1. The number of rotatable bonds is 2. The van der Waals surface area contributed by atoms with Crippen LogP contribution in [0, 0.1) is 0 Å². The molecule has 2 heterocycles. The SMILES string of the molecule is Cn1c(=O)ccn(CC(=O)N2C[C@@H](N)CC[C@@H]2C(F)(F)F)c1=O. The first-order chi connectivity index (χ1) is 10.6. The average molecular weight is 334 g/mol. The van der Waals surface area contributed by atoms with Gasteiger partial charge in [0.1, 0.15) is 12.6 Å². The summed E-state index contributed by atoms with van der Waals surface area (Å²) in [6, 6.07) is -1.37. The third-order valence-corrected chi connectivity index (χ3v) is 3.88. The van der Waals surface area contributed by atoms with E-state index in [-0.39, 0.29) is 19.4 Å². The van der Waals surface area contributed by atoms with Crippen LogP contribution in [0.2, 0.25) is 0 Å². The van der Waals surface area contributed by atoms with Crippen LogP contribution in [0.5, 0.6) is 0 Å². The van der Waals surface area contributed by atoms with Gasteiger partial charge >= 0.3 is 11.9 Å². The lowest BCUT2D eigenvalue weighted by molar-refractivity contribution is -0.197. The topological polar surface area (TPSA) is 90.3 Å². The molecule has 1 fully saturated rings. The summed E-state index contributed by atoms with van der Waals surface area (Å²) in [7, 11) is 1.22. The Kier molecular flexibility index (Phi) is 4.64. The Hall–Kier alpha value is -2.10. The summed E-state index contributed by atoms with van der Waals surface area (Å²) in [5, 5.41) is 0. The van der Waals surface area contributed by atoms with Crippen molar-refractivity contribution >= 4 is 5.91 Å². The lowest BCUT2D eigenvalue weighted by Gasteiger charge is -2.39. The van der Waals surface area contributed by atoms with E-state index in [2.05, 4.69) is 0 Å². The zero-order valence-corrected chi connectivity index (χ0v) is 12.4. The van der Waals surface area contributed by atoms with E-state index in [9.17, 15) is 27.6 Å². The fourth-order valence-corrected chi connectivity index (χ4v) is 2.59. The molecule has 2 atom stereocenters. The maximum absolute atomic E-state index is 13.1. The van der Waals surface area contributed by atoms with Gasteiger partial charge in [0.25, 0.3) is 5.56 Å². The Morgan fingerprint density at radius 2 is 2.00 bits per heavy atom. The molecule has 1 amide bonds. The van der Waals surface area contributed by atoms with Crippen LogP contribution >= 0.6 is 0 Å². The number of likely N-dealkylation sites (tertiary alicyclic amines) is 1. The van der Waals surface area contributed by atoms with Crippen molar-refractivity contribution in [3.63, 3.8) is 0 Å². The highest BCUT2D eigenvalue weighted by atomic mass is 19.4. The maximum atomic E-state index is 13.1. The van der Waals surface area contributed by atoms with Gasteiger partial charge in [0.05, 0.1) is 0 Å². The van der Waals surface area contributed by atoms with Crippen molar-refractivity contribution in [1.82, 2.24) is 14.0 Å². The zero-order chi connectivity index (χ0) is 17.4. The van der Waals surface area contributed by atoms with Crippen molar-refractivity contribution in [3.8, 4) is 0 Å². The molecule has 1 aromatic rings. The summed E-state index contributed by atoms with van der Waals surface area (Å²) in [6.07, 6.45) is -3.55. The number of nitrogens with zero attached hydrogens (tertiary/aromatic N) is 3. The van der Waals surface area contributed by atoms with Crippen molar-refractivity contribution in [3.05, 3.63) is 33.1 Å². The van der Waals surface area contributed by atoms with E-state index in [4.69, 9.17) is 5.73 Å². The highest BCUT2D eigenvalue weighted by Gasteiger charge is 2.47. The van der Waals surface area contributed by atoms with Gasteiger partial charge in [0.2, 0.25) is 5.91 Å². The third-order valence-electron chi connectivity index (χ3n) is 3.88. The molecule has 10 heteroatoms.